The lowest BCUT2D eigenvalue weighted by Crippen LogP contribution is -2.35. The number of thiophene rings is 1. The lowest BCUT2D eigenvalue weighted by Gasteiger charge is -2.27. The molecule has 1 amide bonds. The second-order valence-corrected chi connectivity index (χ2v) is 5.83. The molecular weight excluding hydrogens is 261 g/mol. The summed E-state index contributed by atoms with van der Waals surface area (Å²) in [6.45, 7) is 3.12. The van der Waals surface area contributed by atoms with Crippen LogP contribution in [0.5, 0.6) is 0 Å². The molecule has 0 saturated heterocycles. The van der Waals surface area contributed by atoms with Gasteiger partial charge < -0.3 is 4.90 Å². The van der Waals surface area contributed by atoms with Crippen molar-refractivity contribution in [1.82, 2.24) is 4.90 Å². The number of nitrogens with zero attached hydrogens (tertiary/aromatic N) is 1. The van der Waals surface area contributed by atoms with Crippen molar-refractivity contribution in [2.24, 2.45) is 0 Å². The predicted octanol–water partition coefficient (Wildman–Crippen LogP) is 3.39. The number of fused-ring (bicyclic) bond motifs is 1. The molecule has 0 aliphatic carbocycles. The average molecular weight is 275 g/mol. The van der Waals surface area contributed by atoms with Gasteiger partial charge in [0.15, 0.2) is 0 Å². The van der Waals surface area contributed by atoms with Crippen LogP contribution in [0.1, 0.15) is 26.4 Å². The minimum absolute atomic E-state index is 0.179. The molecule has 1 aromatic carbocycles. The largest absolute Gasteiger partial charge is 0.334 e. The van der Waals surface area contributed by atoms with Crippen molar-refractivity contribution in [3.63, 3.8) is 0 Å². The monoisotopic (exact) mass is 275 g/mol. The van der Waals surface area contributed by atoms with Crippen LogP contribution in [0.3, 0.4) is 0 Å². The maximum atomic E-state index is 13.8. The summed E-state index contributed by atoms with van der Waals surface area (Å²) in [6, 6.07) is 6.72. The van der Waals surface area contributed by atoms with Crippen molar-refractivity contribution in [3.8, 4) is 0 Å². The van der Waals surface area contributed by atoms with E-state index >= 15 is 0 Å². The predicted molar refractivity (Wildman–Crippen MR) is 73.9 cm³/mol. The number of halogens is 1. The Labute approximate surface area is 115 Å². The van der Waals surface area contributed by atoms with Crippen molar-refractivity contribution < 1.29 is 9.18 Å². The van der Waals surface area contributed by atoms with Crippen LogP contribution in [0.4, 0.5) is 4.39 Å². The molecule has 2 nitrogen and oxygen atoms in total. The zero-order valence-electron chi connectivity index (χ0n) is 10.6. The molecule has 0 bridgehead atoms. The van der Waals surface area contributed by atoms with Gasteiger partial charge in [0.2, 0.25) is 0 Å². The zero-order chi connectivity index (χ0) is 13.4. The molecule has 98 valence electrons. The number of carbonyl (C=O) groups is 1. The fraction of sp³-hybridized carbons (Fsp3) is 0.267. The standard InChI is InChI=1S/C15H14FNOS/c1-10-2-3-13(16)12(8-10)15(18)17-6-4-14-11(9-17)5-7-19-14/h2-3,5,7-8H,4,6,9H2,1H3. The fourth-order valence-corrected chi connectivity index (χ4v) is 3.28. The van der Waals surface area contributed by atoms with E-state index in [1.54, 1.807) is 28.4 Å². The van der Waals surface area contributed by atoms with Gasteiger partial charge in [-0.15, -0.1) is 11.3 Å². The van der Waals surface area contributed by atoms with Gasteiger partial charge in [-0.05, 0) is 42.5 Å². The van der Waals surface area contributed by atoms with E-state index < -0.39 is 5.82 Å². The van der Waals surface area contributed by atoms with Crippen LogP contribution in [-0.4, -0.2) is 17.4 Å². The lowest BCUT2D eigenvalue weighted by atomic mass is 10.1. The molecule has 1 aliphatic heterocycles. The van der Waals surface area contributed by atoms with Crippen molar-refractivity contribution in [1.29, 1.82) is 0 Å². The Balaban J connectivity index is 1.87. The van der Waals surface area contributed by atoms with Crippen LogP contribution in [0, 0.1) is 12.7 Å². The van der Waals surface area contributed by atoms with Gasteiger partial charge in [0.1, 0.15) is 5.82 Å². The molecule has 0 radical (unpaired) electrons. The van der Waals surface area contributed by atoms with Crippen LogP contribution < -0.4 is 0 Å². The normalized spacial score (nSPS) is 14.3. The molecule has 0 unspecified atom stereocenters. The smallest absolute Gasteiger partial charge is 0.257 e. The maximum absolute atomic E-state index is 13.8. The van der Waals surface area contributed by atoms with Crippen molar-refractivity contribution >= 4 is 17.2 Å². The van der Waals surface area contributed by atoms with E-state index in [2.05, 4.69) is 0 Å². The molecule has 0 saturated carbocycles. The SMILES string of the molecule is Cc1ccc(F)c(C(=O)N2CCc3sccc3C2)c1. The van der Waals surface area contributed by atoms with Gasteiger partial charge in [0, 0.05) is 18.0 Å². The van der Waals surface area contributed by atoms with Crippen molar-refractivity contribution in [2.75, 3.05) is 6.54 Å². The third kappa shape index (κ3) is 2.28. The topological polar surface area (TPSA) is 20.3 Å². The number of carbonyl (C=O) groups excluding carboxylic acids is 1. The highest BCUT2D eigenvalue weighted by Crippen LogP contribution is 2.25. The average Bonchev–Trinajstić information content (AvgIpc) is 2.88. The molecule has 2 heterocycles. The van der Waals surface area contributed by atoms with E-state index in [0.29, 0.717) is 13.1 Å². The Hall–Kier alpha value is -1.68. The van der Waals surface area contributed by atoms with Crippen molar-refractivity contribution in [3.05, 3.63) is 57.0 Å². The van der Waals surface area contributed by atoms with E-state index in [1.807, 2.05) is 18.4 Å². The van der Waals surface area contributed by atoms with E-state index in [0.717, 1.165) is 12.0 Å². The number of hydrogen-bond acceptors (Lipinski definition) is 2. The summed E-state index contributed by atoms with van der Waals surface area (Å²) in [4.78, 5) is 15.5. The van der Waals surface area contributed by atoms with E-state index in [-0.39, 0.29) is 11.5 Å². The summed E-state index contributed by atoms with van der Waals surface area (Å²) >= 11 is 1.73. The van der Waals surface area contributed by atoms with Gasteiger partial charge in [-0.3, -0.25) is 4.79 Å². The molecule has 1 aliphatic rings. The van der Waals surface area contributed by atoms with Gasteiger partial charge in [0.05, 0.1) is 5.56 Å². The van der Waals surface area contributed by atoms with Crippen LogP contribution in [0.15, 0.2) is 29.6 Å². The second kappa shape index (κ2) is 4.78. The van der Waals surface area contributed by atoms with Crippen LogP contribution >= 0.6 is 11.3 Å². The number of benzene rings is 1. The molecule has 0 N–H and O–H groups in total. The van der Waals surface area contributed by atoms with Crippen molar-refractivity contribution in [2.45, 2.75) is 19.9 Å². The quantitative estimate of drug-likeness (QED) is 0.781. The third-order valence-corrected chi connectivity index (χ3v) is 4.47. The Bertz CT molecular complexity index is 635. The summed E-state index contributed by atoms with van der Waals surface area (Å²) in [6.07, 6.45) is 0.867. The third-order valence-electron chi connectivity index (χ3n) is 3.45. The maximum Gasteiger partial charge on any atom is 0.257 e. The number of amides is 1. The van der Waals surface area contributed by atoms with Crippen LogP contribution in [0.25, 0.3) is 0 Å². The molecule has 0 spiro atoms. The van der Waals surface area contributed by atoms with E-state index in [1.165, 1.54) is 16.5 Å². The Kier molecular flexibility index (Phi) is 3.11. The molecule has 0 fully saturated rings. The molecular formula is C15H14FNOS. The first-order valence-corrected chi connectivity index (χ1v) is 7.14. The van der Waals surface area contributed by atoms with Gasteiger partial charge in [-0.25, -0.2) is 4.39 Å². The van der Waals surface area contributed by atoms with E-state index in [9.17, 15) is 9.18 Å². The van der Waals surface area contributed by atoms with Gasteiger partial charge in [0.25, 0.3) is 5.91 Å². The summed E-state index contributed by atoms with van der Waals surface area (Å²) in [5, 5.41) is 2.05. The van der Waals surface area contributed by atoms with E-state index in [4.69, 9.17) is 0 Å². The highest BCUT2D eigenvalue weighted by molar-refractivity contribution is 7.10. The molecule has 19 heavy (non-hydrogen) atoms. The van der Waals surface area contributed by atoms with Crippen LogP contribution in [-0.2, 0) is 13.0 Å². The Morgan fingerprint density at radius 1 is 1.37 bits per heavy atom. The summed E-state index contributed by atoms with van der Waals surface area (Å²) in [5.41, 5.74) is 2.27. The summed E-state index contributed by atoms with van der Waals surface area (Å²) in [5.74, 6) is -0.648. The van der Waals surface area contributed by atoms with Gasteiger partial charge >= 0.3 is 0 Å². The molecule has 1 aromatic heterocycles. The number of hydrogen-bond donors (Lipinski definition) is 0. The summed E-state index contributed by atoms with van der Waals surface area (Å²) in [7, 11) is 0. The van der Waals surface area contributed by atoms with Gasteiger partial charge in [-0.1, -0.05) is 11.6 Å². The molecule has 4 heteroatoms. The minimum atomic E-state index is -0.438. The zero-order valence-corrected chi connectivity index (χ0v) is 11.5. The first-order valence-electron chi connectivity index (χ1n) is 6.26. The first kappa shape index (κ1) is 12.4. The Morgan fingerprint density at radius 3 is 3.05 bits per heavy atom. The number of aryl methyl sites for hydroxylation is 1. The fourth-order valence-electron chi connectivity index (χ4n) is 2.40. The molecule has 0 atom stereocenters. The van der Waals surface area contributed by atoms with Gasteiger partial charge in [-0.2, -0.15) is 0 Å². The minimum Gasteiger partial charge on any atom is -0.334 e. The highest BCUT2D eigenvalue weighted by atomic mass is 32.1. The lowest BCUT2D eigenvalue weighted by molar-refractivity contribution is 0.0731. The number of rotatable bonds is 1. The highest BCUT2D eigenvalue weighted by Gasteiger charge is 2.24. The summed E-state index contributed by atoms with van der Waals surface area (Å²) < 4.78 is 13.8. The Morgan fingerprint density at radius 2 is 2.21 bits per heavy atom. The second-order valence-electron chi connectivity index (χ2n) is 4.83. The van der Waals surface area contributed by atoms with Crippen LogP contribution in [0.2, 0.25) is 0 Å². The first-order chi connectivity index (χ1) is 9.15. The molecule has 2 aromatic rings. The molecule has 3 rings (SSSR count).